The summed E-state index contributed by atoms with van der Waals surface area (Å²) in [6.07, 6.45) is 8.57. The highest BCUT2D eigenvalue weighted by molar-refractivity contribution is 5.85. The first-order chi connectivity index (χ1) is 15.1. The summed E-state index contributed by atoms with van der Waals surface area (Å²) in [4.78, 5) is 20.9. The van der Waals surface area contributed by atoms with Crippen LogP contribution in [0, 0.1) is 0 Å². The maximum atomic E-state index is 12.1. The maximum Gasteiger partial charge on any atom is 0.243 e. The largest absolute Gasteiger partial charge is 0.496 e. The molecule has 0 radical (unpaired) electrons. The van der Waals surface area contributed by atoms with E-state index in [2.05, 4.69) is 32.7 Å². The van der Waals surface area contributed by atoms with E-state index in [0.717, 1.165) is 44.2 Å². The van der Waals surface area contributed by atoms with Crippen molar-refractivity contribution in [1.82, 2.24) is 20.4 Å². The van der Waals surface area contributed by atoms with Crippen molar-refractivity contribution in [2.24, 2.45) is 4.99 Å². The second kappa shape index (κ2) is 11.9. The van der Waals surface area contributed by atoms with Crippen LogP contribution in [0.15, 0.2) is 29.3 Å². The predicted molar refractivity (Wildman–Crippen MR) is 126 cm³/mol. The molecular weight excluding hydrogens is 390 g/mol. The van der Waals surface area contributed by atoms with Crippen LogP contribution in [-0.4, -0.2) is 75.1 Å². The molecular formula is C24H39N5O2. The van der Waals surface area contributed by atoms with Crippen molar-refractivity contribution < 1.29 is 9.53 Å². The van der Waals surface area contributed by atoms with Crippen molar-refractivity contribution in [2.45, 2.75) is 57.0 Å². The van der Waals surface area contributed by atoms with Gasteiger partial charge in [-0.2, -0.15) is 0 Å². The number of aliphatic imine (C=N–C) groups is 1. The first-order valence-electron chi connectivity index (χ1n) is 11.7. The number of amides is 1. The molecule has 1 saturated heterocycles. The number of carbonyl (C=O) groups is 1. The molecule has 1 aromatic rings. The van der Waals surface area contributed by atoms with Gasteiger partial charge in [0, 0.05) is 32.2 Å². The number of guanidine groups is 1. The fourth-order valence-corrected chi connectivity index (χ4v) is 4.51. The van der Waals surface area contributed by atoms with E-state index in [1.165, 1.54) is 37.7 Å². The van der Waals surface area contributed by atoms with Gasteiger partial charge in [-0.05, 0) is 44.8 Å². The van der Waals surface area contributed by atoms with Gasteiger partial charge < -0.3 is 20.3 Å². The highest BCUT2D eigenvalue weighted by Gasteiger charge is 2.26. The van der Waals surface area contributed by atoms with E-state index in [-0.39, 0.29) is 18.5 Å². The van der Waals surface area contributed by atoms with Gasteiger partial charge in [-0.1, -0.05) is 37.5 Å². The van der Waals surface area contributed by atoms with E-state index >= 15 is 0 Å². The lowest BCUT2D eigenvalue weighted by atomic mass is 9.96. The Morgan fingerprint density at radius 2 is 1.87 bits per heavy atom. The van der Waals surface area contributed by atoms with Crippen molar-refractivity contribution in [2.75, 3.05) is 47.4 Å². The van der Waals surface area contributed by atoms with Crippen molar-refractivity contribution in [3.8, 4) is 5.75 Å². The zero-order valence-corrected chi connectivity index (χ0v) is 19.4. The van der Waals surface area contributed by atoms with Crippen LogP contribution in [0.1, 0.15) is 56.6 Å². The fourth-order valence-electron chi connectivity index (χ4n) is 4.51. The SMILES string of the molecule is COc1ccccc1C(CNC(=NCC(=O)N(C)C)NC1CCCCC1)N1CCCC1. The summed E-state index contributed by atoms with van der Waals surface area (Å²) >= 11 is 0. The van der Waals surface area contributed by atoms with E-state index in [1.807, 2.05) is 12.1 Å². The molecule has 1 saturated carbocycles. The molecule has 1 aliphatic heterocycles. The molecule has 3 rings (SSSR count). The van der Waals surface area contributed by atoms with Gasteiger partial charge in [0.15, 0.2) is 5.96 Å². The second-order valence-electron chi connectivity index (χ2n) is 8.81. The van der Waals surface area contributed by atoms with Gasteiger partial charge in [0.25, 0.3) is 0 Å². The number of hydrogen-bond donors (Lipinski definition) is 2. The third kappa shape index (κ3) is 6.86. The highest BCUT2D eigenvalue weighted by atomic mass is 16.5. The van der Waals surface area contributed by atoms with Crippen LogP contribution >= 0.6 is 0 Å². The molecule has 0 spiro atoms. The van der Waals surface area contributed by atoms with E-state index in [4.69, 9.17) is 4.74 Å². The van der Waals surface area contributed by atoms with Gasteiger partial charge in [0.05, 0.1) is 13.2 Å². The lowest BCUT2D eigenvalue weighted by Crippen LogP contribution is -2.47. The third-order valence-corrected chi connectivity index (χ3v) is 6.36. The molecule has 1 atom stereocenters. The Kier molecular flexibility index (Phi) is 9.00. The molecule has 2 aliphatic rings. The monoisotopic (exact) mass is 429 g/mol. The zero-order valence-electron chi connectivity index (χ0n) is 19.4. The molecule has 1 aromatic carbocycles. The van der Waals surface area contributed by atoms with Crippen LogP contribution in [0.4, 0.5) is 0 Å². The van der Waals surface area contributed by atoms with Gasteiger partial charge in [-0.3, -0.25) is 9.69 Å². The molecule has 172 valence electrons. The second-order valence-corrected chi connectivity index (χ2v) is 8.81. The minimum atomic E-state index is 0.00515. The van der Waals surface area contributed by atoms with Crippen molar-refractivity contribution in [3.63, 3.8) is 0 Å². The summed E-state index contributed by atoms with van der Waals surface area (Å²) in [5, 5.41) is 7.15. The molecule has 2 fully saturated rings. The molecule has 7 nitrogen and oxygen atoms in total. The number of carbonyl (C=O) groups excluding carboxylic acids is 1. The van der Waals surface area contributed by atoms with Crippen molar-refractivity contribution in [3.05, 3.63) is 29.8 Å². The summed E-state index contributed by atoms with van der Waals surface area (Å²) < 4.78 is 5.67. The summed E-state index contributed by atoms with van der Waals surface area (Å²) in [6, 6.07) is 8.90. The number of nitrogens with one attached hydrogen (secondary N) is 2. The van der Waals surface area contributed by atoms with Crippen LogP contribution in [-0.2, 0) is 4.79 Å². The molecule has 1 heterocycles. The number of likely N-dealkylation sites (N-methyl/N-ethyl adjacent to an activating group) is 1. The number of nitrogens with zero attached hydrogens (tertiary/aromatic N) is 3. The number of ether oxygens (including phenoxy) is 1. The van der Waals surface area contributed by atoms with E-state index < -0.39 is 0 Å². The summed E-state index contributed by atoms with van der Waals surface area (Å²) in [5.74, 6) is 1.66. The number of benzene rings is 1. The summed E-state index contributed by atoms with van der Waals surface area (Å²) in [7, 11) is 5.27. The molecule has 1 unspecified atom stereocenters. The number of hydrogen-bond acceptors (Lipinski definition) is 4. The topological polar surface area (TPSA) is 69.2 Å². The molecule has 31 heavy (non-hydrogen) atoms. The van der Waals surface area contributed by atoms with Crippen molar-refractivity contribution >= 4 is 11.9 Å². The average molecular weight is 430 g/mol. The van der Waals surface area contributed by atoms with E-state index in [0.29, 0.717) is 6.04 Å². The van der Waals surface area contributed by atoms with E-state index in [1.54, 1.807) is 26.1 Å². The normalized spacial score (nSPS) is 19.1. The fraction of sp³-hybridized carbons (Fsp3) is 0.667. The molecule has 1 amide bonds. The average Bonchev–Trinajstić information content (AvgIpc) is 3.32. The predicted octanol–water partition coefficient (Wildman–Crippen LogP) is 2.79. The molecule has 1 aliphatic carbocycles. The van der Waals surface area contributed by atoms with Crippen LogP contribution < -0.4 is 15.4 Å². The lowest BCUT2D eigenvalue weighted by Gasteiger charge is -2.31. The van der Waals surface area contributed by atoms with Crippen molar-refractivity contribution in [1.29, 1.82) is 0 Å². The molecule has 7 heteroatoms. The highest BCUT2D eigenvalue weighted by Crippen LogP contribution is 2.31. The first-order valence-corrected chi connectivity index (χ1v) is 11.7. The van der Waals surface area contributed by atoms with Gasteiger partial charge in [0.2, 0.25) is 5.91 Å². The van der Waals surface area contributed by atoms with Gasteiger partial charge in [-0.15, -0.1) is 0 Å². The summed E-state index contributed by atoms with van der Waals surface area (Å²) in [5.41, 5.74) is 1.20. The van der Waals surface area contributed by atoms with Gasteiger partial charge in [0.1, 0.15) is 12.3 Å². The number of methoxy groups -OCH3 is 1. The van der Waals surface area contributed by atoms with Gasteiger partial charge >= 0.3 is 0 Å². The zero-order chi connectivity index (χ0) is 22.1. The quantitative estimate of drug-likeness (QED) is 0.491. The smallest absolute Gasteiger partial charge is 0.243 e. The first kappa shape index (κ1) is 23.4. The number of likely N-dealkylation sites (tertiary alicyclic amines) is 1. The van der Waals surface area contributed by atoms with Gasteiger partial charge in [-0.25, -0.2) is 4.99 Å². The Morgan fingerprint density at radius 3 is 2.55 bits per heavy atom. The molecule has 0 bridgehead atoms. The molecule has 0 aromatic heterocycles. The van der Waals surface area contributed by atoms with Crippen LogP contribution in [0.3, 0.4) is 0 Å². The lowest BCUT2D eigenvalue weighted by molar-refractivity contribution is -0.127. The Labute approximate surface area is 187 Å². The Hall–Kier alpha value is -2.28. The van der Waals surface area contributed by atoms with Crippen LogP contribution in [0.5, 0.6) is 5.75 Å². The number of para-hydroxylation sites is 1. The maximum absolute atomic E-state index is 12.1. The summed E-state index contributed by atoms with van der Waals surface area (Å²) in [6.45, 7) is 3.05. The Bertz CT molecular complexity index is 724. The Balaban J connectivity index is 1.74. The third-order valence-electron chi connectivity index (χ3n) is 6.36. The Morgan fingerprint density at radius 1 is 1.16 bits per heavy atom. The van der Waals surface area contributed by atoms with E-state index in [9.17, 15) is 4.79 Å². The minimum Gasteiger partial charge on any atom is -0.496 e. The van der Waals surface area contributed by atoms with Crippen LogP contribution in [0.2, 0.25) is 0 Å². The number of rotatable bonds is 8. The standard InChI is InChI=1S/C24H39N5O2/c1-28(2)23(30)18-26-24(27-19-11-5-4-6-12-19)25-17-21(29-15-9-10-16-29)20-13-7-8-14-22(20)31-3/h7-8,13-14,19,21H,4-6,9-12,15-18H2,1-3H3,(H2,25,26,27). The molecule has 2 N–H and O–H groups in total. The minimum absolute atomic E-state index is 0.00515. The van der Waals surface area contributed by atoms with Crippen LogP contribution in [0.25, 0.3) is 0 Å².